The first-order valence-corrected chi connectivity index (χ1v) is 13.2. The fourth-order valence-corrected chi connectivity index (χ4v) is 4.89. The van der Waals surface area contributed by atoms with Crippen LogP contribution in [0.5, 0.6) is 11.8 Å². The Balaban J connectivity index is 1.55. The second kappa shape index (κ2) is 11.8. The van der Waals surface area contributed by atoms with E-state index in [9.17, 15) is 0 Å². The molecule has 9 heteroatoms. The molecular weight excluding hydrogens is 519 g/mol. The zero-order valence-electron chi connectivity index (χ0n) is 18.7. The number of aromatic nitrogens is 3. The largest absolute Gasteiger partial charge is 0.496 e. The smallest absolute Gasteiger partial charge is 0.323 e. The van der Waals surface area contributed by atoms with Crippen LogP contribution in [0.25, 0.3) is 0 Å². The lowest BCUT2D eigenvalue weighted by Crippen LogP contribution is -2.37. The van der Waals surface area contributed by atoms with E-state index in [0.29, 0.717) is 23.9 Å². The highest BCUT2D eigenvalue weighted by atomic mass is 127. The topological polar surface area (TPSA) is 93.2 Å². The molecule has 3 N–H and O–H groups in total. The van der Waals surface area contributed by atoms with Crippen molar-refractivity contribution in [3.8, 4) is 11.8 Å². The van der Waals surface area contributed by atoms with Crippen LogP contribution in [0.2, 0.25) is 0 Å². The van der Waals surface area contributed by atoms with Gasteiger partial charge in [-0.1, -0.05) is 48.3 Å². The van der Waals surface area contributed by atoms with Crippen LogP contribution in [0.3, 0.4) is 0 Å². The Morgan fingerprint density at radius 1 is 1.03 bits per heavy atom. The second-order valence-corrected chi connectivity index (χ2v) is 9.23. The number of ether oxygens (including phenoxy) is 2. The second-order valence-electron chi connectivity index (χ2n) is 8.47. The Morgan fingerprint density at radius 2 is 1.84 bits per heavy atom. The monoisotopic (exact) mass is 552 g/mol. The zero-order chi connectivity index (χ0) is 22.2. The number of rotatable bonds is 8. The van der Waals surface area contributed by atoms with Crippen molar-refractivity contribution < 1.29 is 9.47 Å². The summed E-state index contributed by atoms with van der Waals surface area (Å²) in [6.07, 6.45) is 9.58. The van der Waals surface area contributed by atoms with Gasteiger partial charge in [0.1, 0.15) is 11.9 Å². The third kappa shape index (κ3) is 6.57. The van der Waals surface area contributed by atoms with Crippen molar-refractivity contribution in [3.63, 3.8) is 0 Å². The first-order chi connectivity index (χ1) is 15.7. The summed E-state index contributed by atoms with van der Waals surface area (Å²) < 4.78 is 12.4. The third-order valence-electron chi connectivity index (χ3n) is 6.01. The highest BCUT2D eigenvalue weighted by molar-refractivity contribution is 14.1. The maximum Gasteiger partial charge on any atom is 0.323 e. The molecule has 8 nitrogen and oxygen atoms in total. The van der Waals surface area contributed by atoms with Crippen LogP contribution < -0.4 is 25.4 Å². The maximum absolute atomic E-state index is 6.14. The van der Waals surface area contributed by atoms with E-state index in [1.807, 2.05) is 12.1 Å². The van der Waals surface area contributed by atoms with Gasteiger partial charge in [0.15, 0.2) is 0 Å². The van der Waals surface area contributed by atoms with E-state index in [0.717, 1.165) is 60.2 Å². The molecule has 2 fully saturated rings. The van der Waals surface area contributed by atoms with Crippen LogP contribution in [-0.2, 0) is 4.43 Å². The van der Waals surface area contributed by atoms with Crippen LogP contribution in [0, 0.1) is 0 Å². The van der Waals surface area contributed by atoms with Crippen LogP contribution in [0.4, 0.5) is 17.6 Å². The standard InChI is InChI=1S/C23H33IN6O2/c1-31-20-11-10-18(13-16(20)14-24)27-22-28-21(26-17-7-4-2-3-5-8-17)29-23(30-22)32-19-9-6-12-25-15-19/h10-11,13,17,19,25H,2-9,12,14-15H2,1H3,(H2,26,27,28,29,30). The number of hydrogen-bond acceptors (Lipinski definition) is 8. The Bertz CT molecular complexity index is 870. The maximum atomic E-state index is 6.14. The molecule has 0 amide bonds. The number of methoxy groups -OCH3 is 1. The highest BCUT2D eigenvalue weighted by Gasteiger charge is 2.19. The minimum absolute atomic E-state index is 0.0799. The molecule has 0 spiro atoms. The normalized spacial score (nSPS) is 19.8. The summed E-state index contributed by atoms with van der Waals surface area (Å²) in [6.45, 7) is 1.85. The number of anilines is 3. The lowest BCUT2D eigenvalue weighted by molar-refractivity contribution is 0.153. The Hall–Kier alpha value is -1.88. The van der Waals surface area contributed by atoms with Crippen molar-refractivity contribution in [2.45, 2.75) is 67.9 Å². The number of piperidine rings is 1. The first-order valence-electron chi connectivity index (χ1n) is 11.6. The van der Waals surface area contributed by atoms with Gasteiger partial charge in [-0.15, -0.1) is 0 Å². The number of nitrogens with zero attached hydrogens (tertiary/aromatic N) is 3. The minimum Gasteiger partial charge on any atom is -0.496 e. The van der Waals surface area contributed by atoms with Crippen molar-refractivity contribution in [1.29, 1.82) is 0 Å². The van der Waals surface area contributed by atoms with Gasteiger partial charge >= 0.3 is 6.01 Å². The van der Waals surface area contributed by atoms with Gasteiger partial charge in [-0.25, -0.2) is 0 Å². The molecule has 1 aromatic carbocycles. The Morgan fingerprint density at radius 3 is 2.56 bits per heavy atom. The lowest BCUT2D eigenvalue weighted by atomic mass is 10.1. The molecule has 1 saturated heterocycles. The van der Waals surface area contributed by atoms with Gasteiger partial charge in [0.2, 0.25) is 11.9 Å². The summed E-state index contributed by atoms with van der Waals surface area (Å²) in [5.41, 5.74) is 2.03. The summed E-state index contributed by atoms with van der Waals surface area (Å²) in [7, 11) is 1.69. The molecule has 1 saturated carbocycles. The summed E-state index contributed by atoms with van der Waals surface area (Å²) in [4.78, 5) is 13.9. The molecule has 1 aromatic heterocycles. The number of alkyl halides is 1. The van der Waals surface area contributed by atoms with Crippen molar-refractivity contribution in [2.75, 3.05) is 30.8 Å². The van der Waals surface area contributed by atoms with Gasteiger partial charge in [0.05, 0.1) is 7.11 Å². The number of benzene rings is 1. The number of hydrogen-bond donors (Lipinski definition) is 3. The van der Waals surface area contributed by atoms with E-state index in [-0.39, 0.29) is 6.10 Å². The van der Waals surface area contributed by atoms with Crippen molar-refractivity contribution in [3.05, 3.63) is 23.8 Å². The molecule has 1 aliphatic carbocycles. The van der Waals surface area contributed by atoms with Gasteiger partial charge in [0.25, 0.3) is 0 Å². The quantitative estimate of drug-likeness (QED) is 0.244. The average molecular weight is 552 g/mol. The van der Waals surface area contributed by atoms with Gasteiger partial charge in [0, 0.05) is 28.3 Å². The molecule has 32 heavy (non-hydrogen) atoms. The summed E-state index contributed by atoms with van der Waals surface area (Å²) in [5.74, 6) is 1.94. The summed E-state index contributed by atoms with van der Waals surface area (Å²) in [5, 5.41) is 10.3. The molecule has 1 unspecified atom stereocenters. The first kappa shape index (κ1) is 23.3. The number of halogens is 1. The molecule has 4 rings (SSSR count). The van der Waals surface area contributed by atoms with Crippen molar-refractivity contribution in [2.24, 2.45) is 0 Å². The van der Waals surface area contributed by atoms with Gasteiger partial charge < -0.3 is 25.4 Å². The minimum atomic E-state index is 0.0799. The molecule has 0 radical (unpaired) electrons. The third-order valence-corrected chi connectivity index (χ3v) is 6.83. The number of nitrogens with one attached hydrogen (secondary N) is 3. The van der Waals surface area contributed by atoms with Gasteiger partial charge in [-0.3, -0.25) is 0 Å². The van der Waals surface area contributed by atoms with E-state index in [1.54, 1.807) is 7.11 Å². The van der Waals surface area contributed by atoms with Crippen LogP contribution in [0.1, 0.15) is 56.9 Å². The van der Waals surface area contributed by atoms with E-state index in [2.05, 4.69) is 59.6 Å². The molecule has 1 atom stereocenters. The zero-order valence-corrected chi connectivity index (χ0v) is 20.9. The summed E-state index contributed by atoms with van der Waals surface area (Å²) >= 11 is 2.34. The molecule has 0 bridgehead atoms. The van der Waals surface area contributed by atoms with E-state index >= 15 is 0 Å². The van der Waals surface area contributed by atoms with E-state index < -0.39 is 0 Å². The molecule has 2 aromatic rings. The van der Waals surface area contributed by atoms with Gasteiger partial charge in [-0.2, -0.15) is 15.0 Å². The fraction of sp³-hybridized carbons (Fsp3) is 0.609. The summed E-state index contributed by atoms with van der Waals surface area (Å²) in [6, 6.07) is 6.77. The van der Waals surface area contributed by atoms with Crippen LogP contribution in [0.15, 0.2) is 18.2 Å². The molecule has 2 heterocycles. The van der Waals surface area contributed by atoms with E-state index in [1.165, 1.54) is 25.7 Å². The predicted octanol–water partition coefficient (Wildman–Crippen LogP) is 4.82. The average Bonchev–Trinajstić information content (AvgIpc) is 3.08. The lowest BCUT2D eigenvalue weighted by Gasteiger charge is -2.23. The van der Waals surface area contributed by atoms with Crippen molar-refractivity contribution in [1.82, 2.24) is 20.3 Å². The van der Waals surface area contributed by atoms with Crippen LogP contribution in [-0.4, -0.2) is 47.3 Å². The Kier molecular flexibility index (Phi) is 8.61. The molecule has 174 valence electrons. The highest BCUT2D eigenvalue weighted by Crippen LogP contribution is 2.27. The molecule has 1 aliphatic heterocycles. The Labute approximate surface area is 203 Å². The van der Waals surface area contributed by atoms with Crippen LogP contribution >= 0.6 is 22.6 Å². The predicted molar refractivity (Wildman–Crippen MR) is 135 cm³/mol. The molecular formula is C23H33IN6O2. The van der Waals surface area contributed by atoms with E-state index in [4.69, 9.17) is 9.47 Å². The molecule has 2 aliphatic rings. The SMILES string of the molecule is COc1ccc(Nc2nc(NC3CCCCCC3)nc(OC3CCCNC3)n2)cc1CI. The van der Waals surface area contributed by atoms with Crippen molar-refractivity contribution >= 4 is 40.2 Å². The fourth-order valence-electron chi connectivity index (χ4n) is 4.30. The van der Waals surface area contributed by atoms with Gasteiger partial charge in [-0.05, 0) is 50.4 Å².